The van der Waals surface area contributed by atoms with Crippen LogP contribution >= 0.6 is 0 Å². The van der Waals surface area contributed by atoms with Crippen molar-refractivity contribution in [3.63, 3.8) is 0 Å². The Labute approximate surface area is 155 Å². The number of phenolic OH excluding ortho intramolecular Hbond substituents is 1. The molecule has 0 radical (unpaired) electrons. The Hall–Kier alpha value is -2.33. The Morgan fingerprint density at radius 2 is 1.77 bits per heavy atom. The van der Waals surface area contributed by atoms with Gasteiger partial charge in [-0.15, -0.1) is 0 Å². The van der Waals surface area contributed by atoms with Crippen LogP contribution in [0, 0.1) is 5.92 Å². The Morgan fingerprint density at radius 3 is 2.50 bits per heavy atom. The topological polar surface area (TPSA) is 43.8 Å². The molecule has 0 aliphatic carbocycles. The Balaban J connectivity index is 1.30. The Kier molecular flexibility index (Phi) is 4.93. The summed E-state index contributed by atoms with van der Waals surface area (Å²) in [5, 5.41) is 9.68. The summed E-state index contributed by atoms with van der Waals surface area (Å²) in [6.45, 7) is 3.96. The van der Waals surface area contributed by atoms with Gasteiger partial charge in [-0.25, -0.2) is 0 Å². The van der Waals surface area contributed by atoms with Crippen molar-refractivity contribution in [2.75, 3.05) is 31.1 Å². The predicted molar refractivity (Wildman–Crippen MR) is 103 cm³/mol. The molecule has 4 rings (SSSR count). The maximum absolute atomic E-state index is 12.4. The van der Waals surface area contributed by atoms with Crippen LogP contribution in [0.5, 0.6) is 5.75 Å². The molecule has 26 heavy (non-hydrogen) atoms. The number of nitrogens with zero attached hydrogens (tertiary/aromatic N) is 2. The molecule has 2 aliphatic heterocycles. The summed E-state index contributed by atoms with van der Waals surface area (Å²) in [5.41, 5.74) is 2.26. The molecule has 1 amide bonds. The summed E-state index contributed by atoms with van der Waals surface area (Å²) >= 11 is 0. The third-order valence-corrected chi connectivity index (χ3v) is 5.72. The van der Waals surface area contributed by atoms with Crippen LogP contribution < -0.4 is 4.90 Å². The third-order valence-electron chi connectivity index (χ3n) is 5.72. The number of likely N-dealkylation sites (tertiary alicyclic amines) is 1. The summed E-state index contributed by atoms with van der Waals surface area (Å²) < 4.78 is 0. The van der Waals surface area contributed by atoms with Crippen molar-refractivity contribution in [1.29, 1.82) is 0 Å². The first-order valence-corrected chi connectivity index (χ1v) is 9.56. The monoisotopic (exact) mass is 350 g/mol. The van der Waals surface area contributed by atoms with E-state index in [2.05, 4.69) is 11.0 Å². The fraction of sp³-hybridized carbons (Fsp3) is 0.409. The molecular formula is C22H26N2O2. The lowest BCUT2D eigenvalue weighted by molar-refractivity contribution is -0.117. The highest BCUT2D eigenvalue weighted by Gasteiger charge is 2.32. The van der Waals surface area contributed by atoms with Gasteiger partial charge in [0.2, 0.25) is 5.91 Å². The minimum atomic E-state index is 0.246. The standard InChI is InChI=1S/C22H26N2O2/c25-21-8-4-5-19(14-21)18-9-11-23(12-10-18)15-17-13-22(26)24(16-17)20-6-2-1-3-7-20/h1-8,14,17-18,25H,9-13,15-16H2/t17-/m1/s1. The summed E-state index contributed by atoms with van der Waals surface area (Å²) in [7, 11) is 0. The molecule has 2 aliphatic rings. The second-order valence-electron chi connectivity index (χ2n) is 7.58. The molecule has 0 spiro atoms. The second-order valence-corrected chi connectivity index (χ2v) is 7.58. The van der Waals surface area contributed by atoms with Crippen LogP contribution in [0.15, 0.2) is 54.6 Å². The van der Waals surface area contributed by atoms with Gasteiger partial charge >= 0.3 is 0 Å². The van der Waals surface area contributed by atoms with Crippen LogP contribution in [0.4, 0.5) is 5.69 Å². The van der Waals surface area contributed by atoms with E-state index in [1.807, 2.05) is 47.4 Å². The fourth-order valence-electron chi connectivity index (χ4n) is 4.35. The summed E-state index contributed by atoms with van der Waals surface area (Å²) in [4.78, 5) is 16.8. The van der Waals surface area contributed by atoms with Crippen molar-refractivity contribution < 1.29 is 9.90 Å². The smallest absolute Gasteiger partial charge is 0.227 e. The van der Waals surface area contributed by atoms with E-state index in [4.69, 9.17) is 0 Å². The van der Waals surface area contributed by atoms with Crippen LogP contribution in [0.25, 0.3) is 0 Å². The molecule has 2 saturated heterocycles. The molecule has 0 aromatic heterocycles. The number of amides is 1. The van der Waals surface area contributed by atoms with Gasteiger partial charge in [0.05, 0.1) is 0 Å². The van der Waals surface area contributed by atoms with Crippen molar-refractivity contribution in [2.24, 2.45) is 5.92 Å². The number of aromatic hydroxyl groups is 1. The van der Waals surface area contributed by atoms with Gasteiger partial charge in [0, 0.05) is 25.2 Å². The average molecular weight is 350 g/mol. The molecule has 2 aromatic rings. The number of carbonyl (C=O) groups excluding carboxylic acids is 1. The lowest BCUT2D eigenvalue weighted by Gasteiger charge is -2.33. The highest BCUT2D eigenvalue weighted by molar-refractivity contribution is 5.95. The zero-order valence-electron chi connectivity index (χ0n) is 15.1. The number of rotatable bonds is 4. The van der Waals surface area contributed by atoms with E-state index in [1.165, 1.54) is 5.56 Å². The third kappa shape index (κ3) is 3.75. The first kappa shape index (κ1) is 17.1. The summed E-state index contributed by atoms with van der Waals surface area (Å²) in [6, 6.07) is 17.7. The lowest BCUT2D eigenvalue weighted by atomic mass is 9.89. The van der Waals surface area contributed by atoms with Gasteiger partial charge in [-0.1, -0.05) is 30.3 Å². The first-order chi connectivity index (χ1) is 12.7. The number of para-hydroxylation sites is 1. The molecule has 4 nitrogen and oxygen atoms in total. The van der Waals surface area contributed by atoms with Crippen molar-refractivity contribution in [1.82, 2.24) is 4.90 Å². The van der Waals surface area contributed by atoms with Crippen molar-refractivity contribution >= 4 is 11.6 Å². The largest absolute Gasteiger partial charge is 0.508 e. The number of carbonyl (C=O) groups is 1. The second kappa shape index (κ2) is 7.50. The van der Waals surface area contributed by atoms with Gasteiger partial charge in [-0.2, -0.15) is 0 Å². The van der Waals surface area contributed by atoms with E-state index >= 15 is 0 Å². The summed E-state index contributed by atoms with van der Waals surface area (Å²) in [6.07, 6.45) is 2.89. The molecule has 136 valence electrons. The lowest BCUT2D eigenvalue weighted by Crippen LogP contribution is -2.37. The van der Waals surface area contributed by atoms with Crippen LogP contribution in [0.1, 0.15) is 30.7 Å². The zero-order valence-corrected chi connectivity index (χ0v) is 15.1. The van der Waals surface area contributed by atoms with Crippen LogP contribution in [0.3, 0.4) is 0 Å². The van der Waals surface area contributed by atoms with E-state index in [-0.39, 0.29) is 5.91 Å². The van der Waals surface area contributed by atoms with Crippen molar-refractivity contribution in [2.45, 2.75) is 25.2 Å². The van der Waals surface area contributed by atoms with E-state index in [0.29, 0.717) is 24.0 Å². The van der Waals surface area contributed by atoms with Crippen LogP contribution in [-0.4, -0.2) is 42.1 Å². The number of benzene rings is 2. The minimum absolute atomic E-state index is 0.246. The van der Waals surface area contributed by atoms with Gasteiger partial charge in [-0.05, 0) is 67.6 Å². The first-order valence-electron chi connectivity index (χ1n) is 9.56. The minimum Gasteiger partial charge on any atom is -0.508 e. The molecule has 2 fully saturated rings. The normalized spacial score (nSPS) is 22.1. The van der Waals surface area contributed by atoms with Crippen molar-refractivity contribution in [3.8, 4) is 5.75 Å². The molecule has 2 aromatic carbocycles. The fourth-order valence-corrected chi connectivity index (χ4v) is 4.35. The Bertz CT molecular complexity index is 754. The van der Waals surface area contributed by atoms with Gasteiger partial charge in [0.15, 0.2) is 0 Å². The molecule has 2 heterocycles. The number of hydrogen-bond donors (Lipinski definition) is 1. The van der Waals surface area contributed by atoms with Gasteiger partial charge < -0.3 is 14.9 Å². The summed E-state index contributed by atoms with van der Waals surface area (Å²) in [5.74, 6) is 1.55. The quantitative estimate of drug-likeness (QED) is 0.916. The molecule has 0 bridgehead atoms. The zero-order chi connectivity index (χ0) is 17.9. The number of anilines is 1. The van der Waals surface area contributed by atoms with Gasteiger partial charge in [0.1, 0.15) is 5.75 Å². The molecular weight excluding hydrogens is 324 g/mol. The molecule has 0 unspecified atom stereocenters. The SMILES string of the molecule is O=C1C[C@H](CN2CCC(c3cccc(O)c3)CC2)CN1c1ccccc1. The van der Waals surface area contributed by atoms with E-state index in [1.54, 1.807) is 6.07 Å². The average Bonchev–Trinajstić information content (AvgIpc) is 3.03. The van der Waals surface area contributed by atoms with Gasteiger partial charge in [-0.3, -0.25) is 4.79 Å². The molecule has 1 N–H and O–H groups in total. The van der Waals surface area contributed by atoms with E-state index in [9.17, 15) is 9.90 Å². The number of piperidine rings is 1. The number of phenols is 1. The highest BCUT2D eigenvalue weighted by Crippen LogP contribution is 2.31. The van der Waals surface area contributed by atoms with E-state index < -0.39 is 0 Å². The van der Waals surface area contributed by atoms with Gasteiger partial charge in [0.25, 0.3) is 0 Å². The predicted octanol–water partition coefficient (Wildman–Crippen LogP) is 3.62. The highest BCUT2D eigenvalue weighted by atomic mass is 16.3. The molecule has 0 saturated carbocycles. The van der Waals surface area contributed by atoms with Crippen LogP contribution in [0.2, 0.25) is 0 Å². The maximum Gasteiger partial charge on any atom is 0.227 e. The van der Waals surface area contributed by atoms with Crippen molar-refractivity contribution in [3.05, 3.63) is 60.2 Å². The Morgan fingerprint density at radius 1 is 1.00 bits per heavy atom. The molecule has 1 atom stereocenters. The van der Waals surface area contributed by atoms with E-state index in [0.717, 1.165) is 44.7 Å². The molecule has 4 heteroatoms. The number of hydrogen-bond acceptors (Lipinski definition) is 3. The van der Waals surface area contributed by atoms with Crippen LogP contribution in [-0.2, 0) is 4.79 Å². The maximum atomic E-state index is 12.4.